The van der Waals surface area contributed by atoms with Gasteiger partial charge in [0.15, 0.2) is 5.69 Å². The monoisotopic (exact) mass is 578 g/mol. The number of sulfonamides is 1. The Balaban J connectivity index is 1.79. The Kier molecular flexibility index (Phi) is 8.86. The lowest BCUT2D eigenvalue weighted by atomic mass is 10.1. The van der Waals surface area contributed by atoms with Crippen molar-refractivity contribution in [1.82, 2.24) is 14.5 Å². The number of nitrogens with zero attached hydrogens (tertiary/aromatic N) is 2. The number of carbonyl (C=O) groups excluding carboxylic acids is 1. The molecular weight excluding hydrogens is 548 g/mol. The molecular formula is C29H30N4O7S. The maximum absolute atomic E-state index is 13.4. The quantitative estimate of drug-likeness (QED) is 0.221. The lowest BCUT2D eigenvalue weighted by Gasteiger charge is -2.16. The Morgan fingerprint density at radius 1 is 1.00 bits per heavy atom. The van der Waals surface area contributed by atoms with Crippen LogP contribution in [0.2, 0.25) is 0 Å². The molecule has 4 aromatic rings. The van der Waals surface area contributed by atoms with Gasteiger partial charge in [0.1, 0.15) is 10.6 Å². The van der Waals surface area contributed by atoms with Gasteiger partial charge < -0.3 is 19.9 Å². The summed E-state index contributed by atoms with van der Waals surface area (Å²) in [6.45, 7) is 5.35. The number of aromatic nitrogens is 2. The number of nitrogens with one attached hydrogen (secondary N) is 2. The maximum Gasteiger partial charge on any atom is 0.356 e. The number of carboxylic acids is 1. The number of aromatic carboxylic acids is 1. The molecule has 214 valence electrons. The van der Waals surface area contributed by atoms with Crippen LogP contribution in [-0.2, 0) is 14.8 Å². The number of carbonyl (C=O) groups is 2. The van der Waals surface area contributed by atoms with Gasteiger partial charge in [-0.05, 0) is 62.7 Å². The van der Waals surface area contributed by atoms with E-state index in [1.165, 1.54) is 36.9 Å². The second-order valence-corrected chi connectivity index (χ2v) is 11.0. The third-order valence-corrected chi connectivity index (χ3v) is 7.72. The standard InChI is InChI=1S/C29H30N4O7S/c1-18-9-12-22(13-10-18)33-28(20(3)26(32-33)29(35)36)40-24-14-11-21(17-25(24)41(37,38)30-15-16-39-4)31-27(34)23-8-6-5-7-19(23)2/h5-14,17,30H,15-16H2,1-4H3,(H,31,34)(H,35,36). The van der Waals surface area contributed by atoms with Crippen molar-refractivity contribution in [2.24, 2.45) is 0 Å². The number of rotatable bonds is 11. The highest BCUT2D eigenvalue weighted by Crippen LogP contribution is 2.35. The highest BCUT2D eigenvalue weighted by atomic mass is 32.2. The summed E-state index contributed by atoms with van der Waals surface area (Å²) in [6, 6.07) is 18.3. The second kappa shape index (κ2) is 12.3. The Hall–Kier alpha value is -4.52. The van der Waals surface area contributed by atoms with Crippen molar-refractivity contribution in [2.45, 2.75) is 25.7 Å². The first-order valence-electron chi connectivity index (χ1n) is 12.6. The van der Waals surface area contributed by atoms with E-state index in [0.29, 0.717) is 11.3 Å². The van der Waals surface area contributed by atoms with E-state index in [4.69, 9.17) is 9.47 Å². The molecule has 0 atom stereocenters. The van der Waals surface area contributed by atoms with Gasteiger partial charge in [-0.3, -0.25) is 4.79 Å². The molecule has 0 aliphatic heterocycles. The van der Waals surface area contributed by atoms with E-state index in [-0.39, 0.29) is 46.6 Å². The van der Waals surface area contributed by atoms with Crippen LogP contribution in [0.25, 0.3) is 5.69 Å². The molecule has 0 fully saturated rings. The van der Waals surface area contributed by atoms with Crippen LogP contribution in [0.4, 0.5) is 5.69 Å². The van der Waals surface area contributed by atoms with Crippen LogP contribution in [0.15, 0.2) is 71.6 Å². The topological polar surface area (TPSA) is 149 Å². The Morgan fingerprint density at radius 2 is 1.71 bits per heavy atom. The number of anilines is 1. The van der Waals surface area contributed by atoms with Crippen LogP contribution < -0.4 is 14.8 Å². The summed E-state index contributed by atoms with van der Waals surface area (Å²) in [4.78, 5) is 24.6. The number of aryl methyl sites for hydroxylation is 2. The normalized spacial score (nSPS) is 11.3. The highest BCUT2D eigenvalue weighted by Gasteiger charge is 2.26. The molecule has 0 unspecified atom stereocenters. The fraction of sp³-hybridized carbons (Fsp3) is 0.207. The van der Waals surface area contributed by atoms with Gasteiger partial charge in [-0.25, -0.2) is 17.9 Å². The molecule has 12 heteroatoms. The number of amides is 1. The average Bonchev–Trinajstić information content (AvgIpc) is 3.26. The first kappa shape index (κ1) is 29.5. The molecule has 4 rings (SSSR count). The van der Waals surface area contributed by atoms with E-state index >= 15 is 0 Å². The van der Waals surface area contributed by atoms with Gasteiger partial charge in [0.2, 0.25) is 15.9 Å². The van der Waals surface area contributed by atoms with Crippen LogP contribution in [-0.4, -0.2) is 55.4 Å². The van der Waals surface area contributed by atoms with Crippen LogP contribution in [0.3, 0.4) is 0 Å². The van der Waals surface area contributed by atoms with Crippen LogP contribution in [0, 0.1) is 20.8 Å². The molecule has 0 aliphatic rings. The summed E-state index contributed by atoms with van der Waals surface area (Å²) in [5.41, 5.74) is 2.87. The summed E-state index contributed by atoms with van der Waals surface area (Å²) in [5, 5.41) is 16.7. The zero-order chi connectivity index (χ0) is 29.7. The van der Waals surface area contributed by atoms with Crippen LogP contribution >= 0.6 is 0 Å². The molecule has 0 aliphatic carbocycles. The van der Waals surface area contributed by atoms with E-state index in [9.17, 15) is 23.1 Å². The molecule has 1 aromatic heterocycles. The number of hydrogen-bond acceptors (Lipinski definition) is 7. The molecule has 0 spiro atoms. The van der Waals surface area contributed by atoms with Crippen molar-refractivity contribution < 1.29 is 32.6 Å². The van der Waals surface area contributed by atoms with Gasteiger partial charge >= 0.3 is 5.97 Å². The maximum atomic E-state index is 13.4. The van der Waals surface area contributed by atoms with Crippen LogP contribution in [0.1, 0.15) is 37.5 Å². The fourth-order valence-corrected chi connectivity index (χ4v) is 5.19. The SMILES string of the molecule is COCCNS(=O)(=O)c1cc(NC(=O)c2ccccc2C)ccc1Oc1c(C)c(C(=O)O)nn1-c1ccc(C)cc1. The van der Waals surface area contributed by atoms with Crippen molar-refractivity contribution in [3.05, 3.63) is 94.7 Å². The molecule has 3 aromatic carbocycles. The largest absolute Gasteiger partial charge is 0.476 e. The van der Waals surface area contributed by atoms with Crippen molar-refractivity contribution >= 4 is 27.6 Å². The first-order chi connectivity index (χ1) is 19.5. The minimum Gasteiger partial charge on any atom is -0.476 e. The zero-order valence-electron chi connectivity index (χ0n) is 23.0. The fourth-order valence-electron chi connectivity index (χ4n) is 4.03. The molecule has 0 saturated heterocycles. The van der Waals surface area contributed by atoms with E-state index in [2.05, 4.69) is 15.1 Å². The van der Waals surface area contributed by atoms with Crippen molar-refractivity contribution in [1.29, 1.82) is 0 Å². The van der Waals surface area contributed by atoms with Crippen molar-refractivity contribution in [3.8, 4) is 17.3 Å². The van der Waals surface area contributed by atoms with Gasteiger partial charge in [-0.2, -0.15) is 9.78 Å². The highest BCUT2D eigenvalue weighted by molar-refractivity contribution is 7.89. The molecule has 1 heterocycles. The van der Waals surface area contributed by atoms with Crippen molar-refractivity contribution in [3.63, 3.8) is 0 Å². The van der Waals surface area contributed by atoms with Gasteiger partial charge in [-0.15, -0.1) is 0 Å². The Bertz CT molecular complexity index is 1700. The lowest BCUT2D eigenvalue weighted by molar-refractivity contribution is 0.0689. The van der Waals surface area contributed by atoms with Gasteiger partial charge in [0.05, 0.1) is 12.3 Å². The number of hydrogen-bond donors (Lipinski definition) is 3. The number of ether oxygens (including phenoxy) is 2. The summed E-state index contributed by atoms with van der Waals surface area (Å²) < 4.78 is 41.6. The zero-order valence-corrected chi connectivity index (χ0v) is 23.8. The molecule has 0 radical (unpaired) electrons. The van der Waals surface area contributed by atoms with E-state index in [0.717, 1.165) is 11.1 Å². The second-order valence-electron chi connectivity index (χ2n) is 9.25. The average molecular weight is 579 g/mol. The minimum atomic E-state index is -4.17. The summed E-state index contributed by atoms with van der Waals surface area (Å²) in [5.74, 6) is -1.75. The molecule has 1 amide bonds. The third-order valence-electron chi connectivity index (χ3n) is 6.24. The number of carboxylic acid groups (broad SMARTS) is 1. The van der Waals surface area contributed by atoms with Crippen molar-refractivity contribution in [2.75, 3.05) is 25.6 Å². The number of benzene rings is 3. The molecule has 3 N–H and O–H groups in total. The summed E-state index contributed by atoms with van der Waals surface area (Å²) >= 11 is 0. The molecule has 41 heavy (non-hydrogen) atoms. The first-order valence-corrected chi connectivity index (χ1v) is 14.1. The van der Waals surface area contributed by atoms with Gasteiger partial charge in [0, 0.05) is 30.5 Å². The lowest BCUT2D eigenvalue weighted by Crippen LogP contribution is -2.27. The third kappa shape index (κ3) is 6.62. The molecule has 0 saturated carbocycles. The predicted molar refractivity (Wildman–Crippen MR) is 153 cm³/mol. The summed E-state index contributed by atoms with van der Waals surface area (Å²) in [7, 11) is -2.73. The predicted octanol–water partition coefficient (Wildman–Crippen LogP) is 4.47. The van der Waals surface area contributed by atoms with Crippen LogP contribution in [0.5, 0.6) is 11.6 Å². The molecule has 0 bridgehead atoms. The summed E-state index contributed by atoms with van der Waals surface area (Å²) in [6.07, 6.45) is 0. The molecule has 11 nitrogen and oxygen atoms in total. The van der Waals surface area contributed by atoms with E-state index in [1.54, 1.807) is 37.3 Å². The number of methoxy groups -OCH3 is 1. The Morgan fingerprint density at radius 3 is 2.37 bits per heavy atom. The van der Waals surface area contributed by atoms with E-state index in [1.807, 2.05) is 25.1 Å². The van der Waals surface area contributed by atoms with Gasteiger partial charge in [0.25, 0.3) is 5.91 Å². The smallest absolute Gasteiger partial charge is 0.356 e. The van der Waals surface area contributed by atoms with E-state index < -0.39 is 21.9 Å². The van der Waals surface area contributed by atoms with Gasteiger partial charge in [-0.1, -0.05) is 35.9 Å². The minimum absolute atomic E-state index is 0.0123. The Labute approximate surface area is 237 Å².